The summed E-state index contributed by atoms with van der Waals surface area (Å²) in [5.41, 5.74) is -3.22. The van der Waals surface area contributed by atoms with Crippen LogP contribution < -0.4 is 10.2 Å². The molecule has 1 atom stereocenters. The van der Waals surface area contributed by atoms with E-state index in [1.54, 1.807) is 10.5 Å². The van der Waals surface area contributed by atoms with Gasteiger partial charge in [0.2, 0.25) is 0 Å². The predicted molar refractivity (Wildman–Crippen MR) is 83.5 cm³/mol. The summed E-state index contributed by atoms with van der Waals surface area (Å²) in [5.74, 6) is -0.358. The molecule has 0 aliphatic carbocycles. The summed E-state index contributed by atoms with van der Waals surface area (Å²) >= 11 is 6.86. The number of aryl methyl sites for hydroxylation is 1. The Morgan fingerprint density at radius 1 is 1.55 bits per heavy atom. The lowest BCUT2D eigenvalue weighted by Crippen LogP contribution is -2.34. The van der Waals surface area contributed by atoms with Crippen LogP contribution in [0.2, 0.25) is 0 Å². The number of hydrogen-bond acceptors (Lipinski definition) is 4. The van der Waals surface area contributed by atoms with Crippen LogP contribution in [0.25, 0.3) is 10.9 Å². The molecule has 5 nitrogen and oxygen atoms in total. The number of rotatable bonds is 4. The third-order valence-electron chi connectivity index (χ3n) is 2.61. The van der Waals surface area contributed by atoms with Crippen molar-refractivity contribution in [3.8, 4) is 5.75 Å². The van der Waals surface area contributed by atoms with E-state index in [2.05, 4.69) is 31.9 Å². The van der Waals surface area contributed by atoms with Crippen LogP contribution in [0.1, 0.15) is 5.56 Å². The molecule has 0 saturated heterocycles. The number of halogens is 4. The number of fused-ring (bicyclic) bond motifs is 1. The van der Waals surface area contributed by atoms with Crippen molar-refractivity contribution in [3.05, 3.63) is 17.8 Å². The van der Waals surface area contributed by atoms with Crippen molar-refractivity contribution in [2.24, 2.45) is 0 Å². The SMILES string of the molecule is Cc1cc2c(cnn2PI)c(B(O)O)c1OC(F)(F)Cl. The van der Waals surface area contributed by atoms with Crippen molar-refractivity contribution >= 4 is 63.5 Å². The molecule has 2 rings (SSSR count). The maximum Gasteiger partial charge on any atom is 0.493 e. The van der Waals surface area contributed by atoms with E-state index in [1.807, 2.05) is 0 Å². The first kappa shape index (κ1) is 16.2. The van der Waals surface area contributed by atoms with Crippen LogP contribution >= 0.6 is 40.0 Å². The summed E-state index contributed by atoms with van der Waals surface area (Å²) in [5, 5.41) is 23.3. The first-order valence-electron chi connectivity index (χ1n) is 5.24. The minimum absolute atomic E-state index is 0.179. The van der Waals surface area contributed by atoms with E-state index in [0.717, 1.165) is 0 Å². The molecular weight excluding hydrogens is 426 g/mol. The maximum absolute atomic E-state index is 12.9. The van der Waals surface area contributed by atoms with Gasteiger partial charge in [-0.05, 0) is 40.6 Å². The number of hydrogen-bond donors (Lipinski definition) is 2. The second-order valence-corrected chi connectivity index (χ2v) is 6.41. The molecule has 1 aromatic carbocycles. The molecule has 1 aromatic heterocycles. The quantitative estimate of drug-likeness (QED) is 0.334. The monoisotopic (exact) mass is 434 g/mol. The fourth-order valence-electron chi connectivity index (χ4n) is 1.88. The van der Waals surface area contributed by atoms with Gasteiger partial charge in [-0.1, -0.05) is 0 Å². The average Bonchev–Trinajstić information content (AvgIpc) is 2.69. The second-order valence-electron chi connectivity index (χ2n) is 3.93. The molecule has 2 aromatic rings. The molecule has 0 amide bonds. The lowest BCUT2D eigenvalue weighted by Gasteiger charge is -2.17. The summed E-state index contributed by atoms with van der Waals surface area (Å²) in [7, 11) is -1.98. The molecule has 0 aliphatic rings. The van der Waals surface area contributed by atoms with E-state index in [9.17, 15) is 18.8 Å². The molecule has 20 heavy (non-hydrogen) atoms. The standard InChI is InChI=1S/C9H8BClF2IN2O3P/c1-4-2-6-5(3-15-16(6)20-14)7(10(17)18)8(4)19-9(11,12)13/h2-3,17-18,20H,1H3. The molecule has 0 radical (unpaired) electrons. The average molecular weight is 434 g/mol. The van der Waals surface area contributed by atoms with Crippen molar-refractivity contribution in [3.63, 3.8) is 0 Å². The zero-order chi connectivity index (χ0) is 15.1. The highest BCUT2D eigenvalue weighted by atomic mass is 127. The summed E-state index contributed by atoms with van der Waals surface area (Å²) in [6.45, 7) is 1.51. The van der Waals surface area contributed by atoms with Crippen LogP contribution in [0.3, 0.4) is 0 Å². The van der Waals surface area contributed by atoms with Crippen LogP contribution in [0.15, 0.2) is 12.3 Å². The van der Waals surface area contributed by atoms with E-state index in [1.165, 1.54) is 13.1 Å². The number of aromatic nitrogens is 2. The van der Waals surface area contributed by atoms with Gasteiger partial charge in [0.25, 0.3) is 0 Å². The van der Waals surface area contributed by atoms with Crippen LogP contribution in [-0.2, 0) is 0 Å². The summed E-state index contributed by atoms with van der Waals surface area (Å²) < 4.78 is 31.7. The van der Waals surface area contributed by atoms with Crippen LogP contribution in [0.4, 0.5) is 8.78 Å². The van der Waals surface area contributed by atoms with Crippen molar-refractivity contribution in [2.45, 2.75) is 12.5 Å². The van der Waals surface area contributed by atoms with E-state index in [4.69, 9.17) is 11.6 Å². The van der Waals surface area contributed by atoms with Gasteiger partial charge in [0.1, 0.15) is 5.75 Å². The van der Waals surface area contributed by atoms with Gasteiger partial charge >= 0.3 is 12.7 Å². The highest BCUT2D eigenvalue weighted by Gasteiger charge is 2.33. The largest absolute Gasteiger partial charge is 0.493 e. The van der Waals surface area contributed by atoms with E-state index >= 15 is 0 Å². The Labute approximate surface area is 132 Å². The summed E-state index contributed by atoms with van der Waals surface area (Å²) in [6.07, 6.45) is 1.65. The Morgan fingerprint density at radius 2 is 2.20 bits per heavy atom. The molecule has 1 unspecified atom stereocenters. The van der Waals surface area contributed by atoms with Gasteiger partial charge in [0, 0.05) is 22.4 Å². The number of benzene rings is 1. The Bertz CT molecular complexity index is 652. The van der Waals surface area contributed by atoms with Crippen molar-refractivity contribution in [1.29, 1.82) is 0 Å². The molecule has 1 heterocycles. The molecule has 0 saturated carbocycles. The number of alkyl halides is 3. The van der Waals surface area contributed by atoms with Gasteiger partial charge in [0.15, 0.2) is 0 Å². The molecular formula is C9H8BClF2IN2O3P. The summed E-state index contributed by atoms with van der Waals surface area (Å²) in [6, 6.07) is 1.58. The lowest BCUT2D eigenvalue weighted by molar-refractivity contribution is -0.0962. The van der Waals surface area contributed by atoms with Crippen LogP contribution in [-0.4, -0.2) is 32.3 Å². The fraction of sp³-hybridized carbons (Fsp3) is 0.222. The van der Waals surface area contributed by atoms with Gasteiger partial charge in [-0.2, -0.15) is 5.10 Å². The normalized spacial score (nSPS) is 12.6. The number of nitrogens with zero attached hydrogens (tertiary/aromatic N) is 2. The zero-order valence-corrected chi connectivity index (χ0v) is 13.9. The van der Waals surface area contributed by atoms with Gasteiger partial charge < -0.3 is 14.8 Å². The minimum atomic E-state index is -3.94. The minimum Gasteiger partial charge on any atom is -0.423 e. The lowest BCUT2D eigenvalue weighted by atomic mass is 9.76. The van der Waals surface area contributed by atoms with Crippen LogP contribution in [0, 0.1) is 6.92 Å². The van der Waals surface area contributed by atoms with Gasteiger partial charge in [0.05, 0.1) is 18.1 Å². The Kier molecular flexibility index (Phi) is 4.75. The molecule has 108 valence electrons. The first-order chi connectivity index (χ1) is 9.24. The number of ether oxygens (including phenoxy) is 1. The van der Waals surface area contributed by atoms with E-state index < -0.39 is 12.7 Å². The van der Waals surface area contributed by atoms with E-state index in [0.29, 0.717) is 16.5 Å². The predicted octanol–water partition coefficient (Wildman–Crippen LogP) is 1.98. The fourth-order valence-corrected chi connectivity index (χ4v) is 3.49. The van der Waals surface area contributed by atoms with Crippen molar-refractivity contribution < 1.29 is 23.6 Å². The third kappa shape index (κ3) is 3.17. The summed E-state index contributed by atoms with van der Waals surface area (Å²) in [4.78, 5) is 0. The van der Waals surface area contributed by atoms with Gasteiger partial charge in [-0.3, -0.25) is 0 Å². The van der Waals surface area contributed by atoms with Crippen molar-refractivity contribution in [2.75, 3.05) is 0 Å². The molecule has 0 bridgehead atoms. The second kappa shape index (κ2) is 5.88. The maximum atomic E-state index is 12.9. The van der Waals surface area contributed by atoms with Gasteiger partial charge in [-0.15, -0.1) is 8.78 Å². The first-order valence-corrected chi connectivity index (χ1v) is 9.68. The molecule has 0 aliphatic heterocycles. The molecule has 2 N–H and O–H groups in total. The highest BCUT2D eigenvalue weighted by Crippen LogP contribution is 2.33. The third-order valence-corrected chi connectivity index (χ3v) is 4.57. The van der Waals surface area contributed by atoms with Gasteiger partial charge in [-0.25, -0.2) is 4.45 Å². The van der Waals surface area contributed by atoms with Crippen LogP contribution in [0.5, 0.6) is 5.75 Å². The Balaban J connectivity index is 2.74. The highest BCUT2D eigenvalue weighted by molar-refractivity contribution is 14.2. The van der Waals surface area contributed by atoms with Crippen molar-refractivity contribution in [1.82, 2.24) is 9.55 Å². The topological polar surface area (TPSA) is 67.5 Å². The van der Waals surface area contributed by atoms with E-state index in [-0.39, 0.29) is 17.6 Å². The smallest absolute Gasteiger partial charge is 0.423 e. The molecule has 0 fully saturated rings. The Morgan fingerprint density at radius 3 is 2.70 bits per heavy atom. The molecule has 0 spiro atoms. The molecule has 11 heteroatoms. The Hall–Kier alpha value is -0.215. The zero-order valence-electron chi connectivity index (χ0n) is 9.94.